The van der Waals surface area contributed by atoms with Crippen molar-refractivity contribution in [2.24, 2.45) is 0 Å². The molecule has 0 aliphatic heterocycles. The number of allylic oxidation sites excluding steroid dienone is 1. The Hall–Kier alpha value is -3.33. The molecule has 0 N–H and O–H groups in total. The van der Waals surface area contributed by atoms with E-state index in [-0.39, 0.29) is 18.5 Å². The number of benzene rings is 3. The molecule has 1 atom stereocenters. The zero-order valence-corrected chi connectivity index (χ0v) is 15.8. The van der Waals surface area contributed by atoms with Gasteiger partial charge in [0.15, 0.2) is 0 Å². The Morgan fingerprint density at radius 3 is 1.96 bits per heavy atom. The lowest BCUT2D eigenvalue weighted by molar-refractivity contribution is -0.146. The van der Waals surface area contributed by atoms with Crippen molar-refractivity contribution < 1.29 is 14.3 Å². The lowest BCUT2D eigenvalue weighted by Crippen LogP contribution is -2.15. The van der Waals surface area contributed by atoms with Crippen LogP contribution in [0.4, 0.5) is 0 Å². The van der Waals surface area contributed by atoms with Gasteiger partial charge in [0.25, 0.3) is 0 Å². The van der Waals surface area contributed by atoms with Gasteiger partial charge in [-0.25, -0.2) is 0 Å². The molecule has 28 heavy (non-hydrogen) atoms. The molecule has 0 aliphatic rings. The van der Waals surface area contributed by atoms with Crippen LogP contribution in [-0.4, -0.2) is 5.97 Å². The minimum absolute atomic E-state index is 0.248. The molecule has 0 aliphatic carbocycles. The summed E-state index contributed by atoms with van der Waals surface area (Å²) in [5.41, 5.74) is 2.98. The van der Waals surface area contributed by atoms with Crippen molar-refractivity contribution in [1.82, 2.24) is 0 Å². The second-order valence-electron chi connectivity index (χ2n) is 6.51. The van der Waals surface area contributed by atoms with Crippen molar-refractivity contribution in [2.45, 2.75) is 25.6 Å². The Balaban J connectivity index is 1.61. The standard InChI is InChI=1S/C25H24O3/c1-2-9-24(25(26)28-19-21-12-7-4-8-13-21)22-14-16-23(17-15-22)27-18-20-10-5-3-6-11-20/h2-8,10-17,24H,1,9,18-19H2. The molecule has 3 heteroatoms. The molecule has 0 heterocycles. The fourth-order valence-corrected chi connectivity index (χ4v) is 2.90. The molecule has 142 valence electrons. The zero-order chi connectivity index (χ0) is 19.6. The highest BCUT2D eigenvalue weighted by Crippen LogP contribution is 2.25. The van der Waals surface area contributed by atoms with E-state index < -0.39 is 0 Å². The molecule has 0 radical (unpaired) electrons. The number of carbonyl (C=O) groups excluding carboxylic acids is 1. The van der Waals surface area contributed by atoms with E-state index in [1.165, 1.54) is 0 Å². The highest BCUT2D eigenvalue weighted by molar-refractivity contribution is 5.78. The van der Waals surface area contributed by atoms with E-state index in [1.54, 1.807) is 6.08 Å². The quantitative estimate of drug-likeness (QED) is 0.359. The first-order valence-corrected chi connectivity index (χ1v) is 9.34. The monoisotopic (exact) mass is 372 g/mol. The Labute approximate surface area is 166 Å². The summed E-state index contributed by atoms with van der Waals surface area (Å²) in [4.78, 5) is 12.6. The van der Waals surface area contributed by atoms with Gasteiger partial charge in [-0.2, -0.15) is 0 Å². The van der Waals surface area contributed by atoms with Gasteiger partial charge in [0.2, 0.25) is 0 Å². The van der Waals surface area contributed by atoms with E-state index in [9.17, 15) is 4.79 Å². The molecular formula is C25H24O3. The first-order chi connectivity index (χ1) is 13.8. The van der Waals surface area contributed by atoms with Crippen molar-refractivity contribution in [1.29, 1.82) is 0 Å². The van der Waals surface area contributed by atoms with Gasteiger partial charge in [-0.15, -0.1) is 6.58 Å². The van der Waals surface area contributed by atoms with Crippen LogP contribution in [0.15, 0.2) is 97.6 Å². The largest absolute Gasteiger partial charge is 0.489 e. The molecule has 3 aromatic rings. The lowest BCUT2D eigenvalue weighted by Gasteiger charge is -2.16. The summed E-state index contributed by atoms with van der Waals surface area (Å²) in [5, 5.41) is 0. The van der Waals surface area contributed by atoms with Crippen molar-refractivity contribution in [3.05, 3.63) is 114 Å². The molecule has 3 nitrogen and oxygen atoms in total. The molecule has 0 bridgehead atoms. The van der Waals surface area contributed by atoms with E-state index in [0.29, 0.717) is 13.0 Å². The Morgan fingerprint density at radius 1 is 0.821 bits per heavy atom. The van der Waals surface area contributed by atoms with Gasteiger partial charge in [-0.1, -0.05) is 78.9 Å². The number of esters is 1. The predicted molar refractivity (Wildman–Crippen MR) is 111 cm³/mol. The summed E-state index contributed by atoms with van der Waals surface area (Å²) in [6, 6.07) is 27.3. The first-order valence-electron chi connectivity index (χ1n) is 9.34. The fourth-order valence-electron chi connectivity index (χ4n) is 2.90. The fraction of sp³-hybridized carbons (Fsp3) is 0.160. The average Bonchev–Trinajstić information content (AvgIpc) is 2.76. The van der Waals surface area contributed by atoms with E-state index in [1.807, 2.05) is 84.9 Å². The molecule has 0 saturated carbocycles. The smallest absolute Gasteiger partial charge is 0.314 e. The van der Waals surface area contributed by atoms with Crippen LogP contribution >= 0.6 is 0 Å². The predicted octanol–water partition coefficient (Wildman–Crippen LogP) is 5.67. The lowest BCUT2D eigenvalue weighted by atomic mass is 9.96. The molecule has 0 amide bonds. The van der Waals surface area contributed by atoms with Crippen LogP contribution in [0, 0.1) is 0 Å². The normalized spacial score (nSPS) is 11.4. The van der Waals surface area contributed by atoms with Crippen molar-refractivity contribution in [2.75, 3.05) is 0 Å². The first kappa shape index (κ1) is 19.4. The number of hydrogen-bond donors (Lipinski definition) is 0. The van der Waals surface area contributed by atoms with Crippen LogP contribution in [0.5, 0.6) is 5.75 Å². The highest BCUT2D eigenvalue weighted by atomic mass is 16.5. The Bertz CT molecular complexity index is 871. The van der Waals surface area contributed by atoms with Gasteiger partial charge in [0, 0.05) is 0 Å². The van der Waals surface area contributed by atoms with E-state index in [0.717, 1.165) is 22.4 Å². The van der Waals surface area contributed by atoms with Crippen LogP contribution in [0.25, 0.3) is 0 Å². The molecule has 3 aromatic carbocycles. The maximum absolute atomic E-state index is 12.6. The van der Waals surface area contributed by atoms with Gasteiger partial charge < -0.3 is 9.47 Å². The van der Waals surface area contributed by atoms with E-state index in [4.69, 9.17) is 9.47 Å². The summed E-state index contributed by atoms with van der Waals surface area (Å²) in [6.45, 7) is 4.55. The third kappa shape index (κ3) is 5.58. The number of ether oxygens (including phenoxy) is 2. The number of hydrogen-bond acceptors (Lipinski definition) is 3. The van der Waals surface area contributed by atoms with Crippen molar-refractivity contribution in [3.63, 3.8) is 0 Å². The molecular weight excluding hydrogens is 348 g/mol. The van der Waals surface area contributed by atoms with Gasteiger partial charge in [0.1, 0.15) is 19.0 Å². The maximum atomic E-state index is 12.6. The Kier molecular flexibility index (Phi) is 7.02. The minimum Gasteiger partial charge on any atom is -0.489 e. The second kappa shape index (κ2) is 10.1. The van der Waals surface area contributed by atoms with Crippen LogP contribution in [0.1, 0.15) is 29.0 Å². The molecule has 3 rings (SSSR count). The average molecular weight is 372 g/mol. The molecule has 1 unspecified atom stereocenters. The topological polar surface area (TPSA) is 35.5 Å². The second-order valence-corrected chi connectivity index (χ2v) is 6.51. The van der Waals surface area contributed by atoms with Crippen molar-refractivity contribution >= 4 is 5.97 Å². The third-order valence-corrected chi connectivity index (χ3v) is 4.44. The number of rotatable bonds is 9. The summed E-state index contributed by atoms with van der Waals surface area (Å²) in [5.74, 6) is 0.147. The summed E-state index contributed by atoms with van der Waals surface area (Å²) >= 11 is 0. The van der Waals surface area contributed by atoms with E-state index in [2.05, 4.69) is 6.58 Å². The van der Waals surface area contributed by atoms with Gasteiger partial charge in [0.05, 0.1) is 5.92 Å². The van der Waals surface area contributed by atoms with E-state index >= 15 is 0 Å². The van der Waals surface area contributed by atoms with Gasteiger partial charge >= 0.3 is 5.97 Å². The number of carbonyl (C=O) groups is 1. The van der Waals surface area contributed by atoms with Gasteiger partial charge in [-0.05, 0) is 35.2 Å². The molecule has 0 aromatic heterocycles. The highest BCUT2D eigenvalue weighted by Gasteiger charge is 2.21. The summed E-state index contributed by atoms with van der Waals surface area (Å²) < 4.78 is 11.3. The minimum atomic E-state index is -0.371. The van der Waals surface area contributed by atoms with Crippen LogP contribution in [-0.2, 0) is 22.7 Å². The van der Waals surface area contributed by atoms with Crippen LogP contribution in [0.2, 0.25) is 0 Å². The molecule has 0 fully saturated rings. The zero-order valence-electron chi connectivity index (χ0n) is 15.8. The summed E-state index contributed by atoms with van der Waals surface area (Å²) in [7, 11) is 0. The third-order valence-electron chi connectivity index (χ3n) is 4.44. The maximum Gasteiger partial charge on any atom is 0.314 e. The van der Waals surface area contributed by atoms with Crippen LogP contribution in [0.3, 0.4) is 0 Å². The van der Waals surface area contributed by atoms with Crippen molar-refractivity contribution in [3.8, 4) is 5.75 Å². The SMILES string of the molecule is C=CCC(C(=O)OCc1ccccc1)c1ccc(OCc2ccccc2)cc1. The molecule has 0 spiro atoms. The van der Waals surface area contributed by atoms with Crippen LogP contribution < -0.4 is 4.74 Å². The van der Waals surface area contributed by atoms with Gasteiger partial charge in [-0.3, -0.25) is 4.79 Å². The Morgan fingerprint density at radius 2 is 1.39 bits per heavy atom. The molecule has 0 saturated heterocycles. The summed E-state index contributed by atoms with van der Waals surface area (Å²) in [6.07, 6.45) is 2.27.